The van der Waals surface area contributed by atoms with Gasteiger partial charge in [0, 0.05) is 5.92 Å². The highest BCUT2D eigenvalue weighted by Crippen LogP contribution is 2.46. The first kappa shape index (κ1) is 10.2. The van der Waals surface area contributed by atoms with Gasteiger partial charge in [-0.2, -0.15) is 0 Å². The molecule has 1 saturated carbocycles. The van der Waals surface area contributed by atoms with Crippen LogP contribution in [0.25, 0.3) is 0 Å². The standard InChI is InChI=1S/C7H10Cl4/c8-6(9)5-3-1-2-4-7(5,10)11/h5-6H,1-4H2. The van der Waals surface area contributed by atoms with Gasteiger partial charge in [0.1, 0.15) is 9.17 Å². The largest absolute Gasteiger partial charge is 0.123 e. The van der Waals surface area contributed by atoms with Gasteiger partial charge in [0.2, 0.25) is 0 Å². The maximum atomic E-state index is 6.03. The van der Waals surface area contributed by atoms with Crippen LogP contribution < -0.4 is 0 Å². The molecule has 4 heteroatoms. The first-order chi connectivity index (χ1) is 5.04. The van der Waals surface area contributed by atoms with Gasteiger partial charge in [-0.3, -0.25) is 0 Å². The zero-order chi connectivity index (χ0) is 8.48. The van der Waals surface area contributed by atoms with Crippen LogP contribution >= 0.6 is 46.4 Å². The van der Waals surface area contributed by atoms with Crippen LogP contribution in [0.3, 0.4) is 0 Å². The molecule has 1 aliphatic carbocycles. The molecular weight excluding hydrogens is 226 g/mol. The molecule has 1 atom stereocenters. The van der Waals surface area contributed by atoms with E-state index in [0.29, 0.717) is 0 Å². The second kappa shape index (κ2) is 3.91. The normalized spacial score (nSPS) is 30.8. The van der Waals surface area contributed by atoms with Crippen molar-refractivity contribution in [1.29, 1.82) is 0 Å². The predicted octanol–water partition coefficient (Wildman–Crippen LogP) is 4.15. The third-order valence-corrected chi connectivity index (χ3v) is 3.67. The van der Waals surface area contributed by atoms with Crippen LogP contribution in [0.5, 0.6) is 0 Å². The molecule has 0 spiro atoms. The average Bonchev–Trinajstić information content (AvgIpc) is 1.85. The Morgan fingerprint density at radius 2 is 1.82 bits per heavy atom. The van der Waals surface area contributed by atoms with Gasteiger partial charge < -0.3 is 0 Å². The van der Waals surface area contributed by atoms with E-state index in [0.717, 1.165) is 25.7 Å². The Morgan fingerprint density at radius 1 is 1.18 bits per heavy atom. The lowest BCUT2D eigenvalue weighted by atomic mass is 9.89. The number of alkyl halides is 4. The lowest BCUT2D eigenvalue weighted by Gasteiger charge is -2.34. The van der Waals surface area contributed by atoms with Gasteiger partial charge in [-0.1, -0.05) is 12.8 Å². The molecule has 0 bridgehead atoms. The van der Waals surface area contributed by atoms with Crippen molar-refractivity contribution in [1.82, 2.24) is 0 Å². The summed E-state index contributed by atoms with van der Waals surface area (Å²) >= 11 is 23.5. The highest BCUT2D eigenvalue weighted by atomic mass is 35.5. The van der Waals surface area contributed by atoms with Crippen LogP contribution in [0.1, 0.15) is 25.7 Å². The summed E-state index contributed by atoms with van der Waals surface area (Å²) in [6.07, 6.45) is 3.94. The van der Waals surface area contributed by atoms with E-state index in [1.807, 2.05) is 0 Å². The Balaban J connectivity index is 2.60. The van der Waals surface area contributed by atoms with Crippen LogP contribution in [0.2, 0.25) is 0 Å². The molecule has 1 rings (SSSR count). The molecule has 1 aliphatic rings. The maximum absolute atomic E-state index is 6.03. The number of hydrogen-bond donors (Lipinski definition) is 0. The second-order valence-corrected chi connectivity index (χ2v) is 5.65. The summed E-state index contributed by atoms with van der Waals surface area (Å²) in [6, 6.07) is 0. The van der Waals surface area contributed by atoms with E-state index in [-0.39, 0.29) is 5.92 Å². The van der Waals surface area contributed by atoms with E-state index in [1.54, 1.807) is 0 Å². The van der Waals surface area contributed by atoms with Crippen molar-refractivity contribution in [2.45, 2.75) is 34.9 Å². The molecule has 0 nitrogen and oxygen atoms in total. The van der Waals surface area contributed by atoms with Crippen LogP contribution in [-0.2, 0) is 0 Å². The molecule has 0 radical (unpaired) electrons. The lowest BCUT2D eigenvalue weighted by molar-refractivity contribution is 0.353. The fraction of sp³-hybridized carbons (Fsp3) is 1.00. The third kappa shape index (κ3) is 2.55. The van der Waals surface area contributed by atoms with Crippen LogP contribution in [-0.4, -0.2) is 9.17 Å². The molecular formula is C7H10Cl4. The number of rotatable bonds is 1. The van der Waals surface area contributed by atoms with E-state index in [1.165, 1.54) is 0 Å². The summed E-state index contributed by atoms with van der Waals surface area (Å²) in [7, 11) is 0. The van der Waals surface area contributed by atoms with E-state index >= 15 is 0 Å². The van der Waals surface area contributed by atoms with Crippen molar-refractivity contribution in [2.75, 3.05) is 0 Å². The Bertz CT molecular complexity index is 132. The summed E-state index contributed by atoms with van der Waals surface area (Å²) in [5.74, 6) is 0.0305. The molecule has 0 aliphatic heterocycles. The monoisotopic (exact) mass is 234 g/mol. The summed E-state index contributed by atoms with van der Waals surface area (Å²) in [5, 5.41) is 0. The highest BCUT2D eigenvalue weighted by Gasteiger charge is 2.40. The van der Waals surface area contributed by atoms with E-state index in [4.69, 9.17) is 46.4 Å². The van der Waals surface area contributed by atoms with Gasteiger partial charge in [-0.05, 0) is 12.8 Å². The van der Waals surface area contributed by atoms with Crippen LogP contribution in [0.4, 0.5) is 0 Å². The summed E-state index contributed by atoms with van der Waals surface area (Å²) in [6.45, 7) is 0. The minimum absolute atomic E-state index is 0.0305. The summed E-state index contributed by atoms with van der Waals surface area (Å²) in [5.41, 5.74) is 0. The molecule has 0 N–H and O–H groups in total. The van der Waals surface area contributed by atoms with Crippen molar-refractivity contribution in [3.05, 3.63) is 0 Å². The summed E-state index contributed by atoms with van der Waals surface area (Å²) < 4.78 is -0.702. The Labute approximate surface area is 87.1 Å². The van der Waals surface area contributed by atoms with Crippen molar-refractivity contribution >= 4 is 46.4 Å². The molecule has 66 valence electrons. The van der Waals surface area contributed by atoms with Crippen molar-refractivity contribution in [3.63, 3.8) is 0 Å². The molecule has 0 saturated heterocycles. The Morgan fingerprint density at radius 3 is 2.18 bits per heavy atom. The maximum Gasteiger partial charge on any atom is 0.123 e. The van der Waals surface area contributed by atoms with Gasteiger partial charge >= 0.3 is 0 Å². The van der Waals surface area contributed by atoms with Crippen LogP contribution in [0, 0.1) is 5.92 Å². The minimum atomic E-state index is -0.702. The highest BCUT2D eigenvalue weighted by molar-refractivity contribution is 6.51. The second-order valence-electron chi connectivity index (χ2n) is 2.95. The zero-order valence-electron chi connectivity index (χ0n) is 5.99. The van der Waals surface area contributed by atoms with Gasteiger partial charge in [0.15, 0.2) is 0 Å². The van der Waals surface area contributed by atoms with Crippen molar-refractivity contribution in [2.24, 2.45) is 5.92 Å². The smallest absolute Gasteiger partial charge is 0.105 e. The molecule has 0 amide bonds. The molecule has 0 aromatic rings. The van der Waals surface area contributed by atoms with E-state index in [2.05, 4.69) is 0 Å². The van der Waals surface area contributed by atoms with Crippen molar-refractivity contribution < 1.29 is 0 Å². The molecule has 0 aromatic heterocycles. The van der Waals surface area contributed by atoms with E-state index in [9.17, 15) is 0 Å². The number of halogens is 4. The fourth-order valence-corrected chi connectivity index (χ4v) is 3.11. The quantitative estimate of drug-likeness (QED) is 0.599. The number of hydrogen-bond acceptors (Lipinski definition) is 0. The SMILES string of the molecule is ClC(Cl)C1CCCCC1(Cl)Cl. The lowest BCUT2D eigenvalue weighted by Crippen LogP contribution is -2.33. The third-order valence-electron chi connectivity index (χ3n) is 2.12. The molecule has 1 fully saturated rings. The van der Waals surface area contributed by atoms with Gasteiger partial charge in [-0.25, -0.2) is 0 Å². The topological polar surface area (TPSA) is 0 Å². The first-order valence-corrected chi connectivity index (χ1v) is 5.33. The molecule has 11 heavy (non-hydrogen) atoms. The fourth-order valence-electron chi connectivity index (χ4n) is 1.43. The first-order valence-electron chi connectivity index (χ1n) is 3.70. The van der Waals surface area contributed by atoms with Crippen LogP contribution in [0.15, 0.2) is 0 Å². The summed E-state index contributed by atoms with van der Waals surface area (Å²) in [4.78, 5) is -0.440. The van der Waals surface area contributed by atoms with Gasteiger partial charge in [0.05, 0.1) is 0 Å². The van der Waals surface area contributed by atoms with E-state index < -0.39 is 9.17 Å². The van der Waals surface area contributed by atoms with Gasteiger partial charge in [0.25, 0.3) is 0 Å². The van der Waals surface area contributed by atoms with Crippen molar-refractivity contribution in [3.8, 4) is 0 Å². The zero-order valence-corrected chi connectivity index (χ0v) is 9.02. The predicted molar refractivity (Wildman–Crippen MR) is 51.9 cm³/mol. The van der Waals surface area contributed by atoms with Gasteiger partial charge in [-0.15, -0.1) is 46.4 Å². The molecule has 1 unspecified atom stereocenters. The average molecular weight is 236 g/mol. The minimum Gasteiger partial charge on any atom is -0.105 e. The molecule has 0 heterocycles. The Kier molecular flexibility index (Phi) is 3.64. The Hall–Kier alpha value is 1.16. The molecule has 0 aromatic carbocycles.